The lowest BCUT2D eigenvalue weighted by Crippen LogP contribution is -2.35. The van der Waals surface area contributed by atoms with Crippen LogP contribution in [-0.4, -0.2) is 10.2 Å². The van der Waals surface area contributed by atoms with Crippen LogP contribution in [0.1, 0.15) is 24.0 Å². The van der Waals surface area contributed by atoms with Crippen molar-refractivity contribution in [1.29, 1.82) is 0 Å². The number of benzene rings is 2. The van der Waals surface area contributed by atoms with Crippen molar-refractivity contribution < 1.29 is 10.2 Å². The predicted molar refractivity (Wildman–Crippen MR) is 79.1 cm³/mol. The summed E-state index contributed by atoms with van der Waals surface area (Å²) in [6, 6.07) is 19.2. The summed E-state index contributed by atoms with van der Waals surface area (Å²) in [5, 5.41) is 21.4. The Morgan fingerprint density at radius 2 is 0.950 bits per heavy atom. The molecular weight excluding hydrogens is 248 g/mol. The molecule has 3 rings (SSSR count). The third-order valence-electron chi connectivity index (χ3n) is 4.07. The van der Waals surface area contributed by atoms with Crippen LogP contribution in [0.25, 0.3) is 0 Å². The van der Waals surface area contributed by atoms with E-state index in [-0.39, 0.29) is 0 Å². The topological polar surface area (TPSA) is 40.5 Å². The van der Waals surface area contributed by atoms with Gasteiger partial charge < -0.3 is 10.2 Å². The molecule has 0 amide bonds. The lowest BCUT2D eigenvalue weighted by molar-refractivity contribution is 0.00585. The molecule has 0 fully saturated rings. The molecule has 2 heteroatoms. The maximum Gasteiger partial charge on any atom is 0.108 e. The molecular formula is C18H18O2. The summed E-state index contributed by atoms with van der Waals surface area (Å²) in [6.07, 6.45) is 4.44. The monoisotopic (exact) mass is 266 g/mol. The van der Waals surface area contributed by atoms with E-state index >= 15 is 0 Å². The van der Waals surface area contributed by atoms with Gasteiger partial charge >= 0.3 is 0 Å². The molecule has 2 aromatic rings. The minimum atomic E-state index is -0.984. The van der Waals surface area contributed by atoms with Crippen molar-refractivity contribution >= 4 is 0 Å². The summed E-state index contributed by atoms with van der Waals surface area (Å²) in [5.74, 6) is 0. The summed E-state index contributed by atoms with van der Waals surface area (Å²) in [4.78, 5) is 0. The van der Waals surface area contributed by atoms with E-state index in [1.54, 1.807) is 12.2 Å². The standard InChI is InChI=1S/C18H18O2/c19-17(15-7-3-1-4-8-15)11-13-18(20,14-12-17)16-9-5-2-6-10-16/h1-11,13,19-20H,12,14H2/t17-,18+. The van der Waals surface area contributed by atoms with Crippen LogP contribution in [0.3, 0.4) is 0 Å². The van der Waals surface area contributed by atoms with Gasteiger partial charge in [-0.3, -0.25) is 0 Å². The van der Waals surface area contributed by atoms with E-state index in [1.165, 1.54) is 0 Å². The SMILES string of the molecule is O[C@]1(c2ccccc2)C=C[C@@](O)(c2ccccc2)CC1. The van der Waals surface area contributed by atoms with Crippen molar-refractivity contribution in [1.82, 2.24) is 0 Å². The molecule has 0 aliphatic heterocycles. The highest BCUT2D eigenvalue weighted by atomic mass is 16.3. The van der Waals surface area contributed by atoms with E-state index in [1.807, 2.05) is 60.7 Å². The van der Waals surface area contributed by atoms with Gasteiger partial charge in [0.25, 0.3) is 0 Å². The second kappa shape index (κ2) is 4.89. The van der Waals surface area contributed by atoms with Gasteiger partial charge in [0.05, 0.1) is 0 Å². The van der Waals surface area contributed by atoms with Gasteiger partial charge in [0, 0.05) is 0 Å². The first-order valence-corrected chi connectivity index (χ1v) is 6.89. The van der Waals surface area contributed by atoms with E-state index in [0.717, 1.165) is 11.1 Å². The second-order valence-electron chi connectivity index (χ2n) is 5.41. The molecule has 0 saturated carbocycles. The molecule has 20 heavy (non-hydrogen) atoms. The van der Waals surface area contributed by atoms with Gasteiger partial charge in [-0.1, -0.05) is 60.7 Å². The Bertz CT molecular complexity index is 550. The van der Waals surface area contributed by atoms with E-state index < -0.39 is 11.2 Å². The smallest absolute Gasteiger partial charge is 0.108 e. The fourth-order valence-corrected chi connectivity index (χ4v) is 2.76. The highest BCUT2D eigenvalue weighted by molar-refractivity contribution is 5.35. The van der Waals surface area contributed by atoms with Crippen LogP contribution in [0.2, 0.25) is 0 Å². The number of hydrogen-bond donors (Lipinski definition) is 2. The van der Waals surface area contributed by atoms with Gasteiger partial charge in [-0.25, -0.2) is 0 Å². The van der Waals surface area contributed by atoms with E-state index in [9.17, 15) is 10.2 Å². The first kappa shape index (κ1) is 13.1. The van der Waals surface area contributed by atoms with Crippen LogP contribution in [0, 0.1) is 0 Å². The first-order valence-electron chi connectivity index (χ1n) is 6.89. The molecule has 0 spiro atoms. The fraction of sp³-hybridized carbons (Fsp3) is 0.222. The molecule has 0 unspecified atom stereocenters. The Hall–Kier alpha value is -1.90. The molecule has 0 bridgehead atoms. The van der Waals surface area contributed by atoms with E-state index in [4.69, 9.17) is 0 Å². The van der Waals surface area contributed by atoms with E-state index in [0.29, 0.717) is 12.8 Å². The fourth-order valence-electron chi connectivity index (χ4n) is 2.76. The van der Waals surface area contributed by atoms with Crippen LogP contribution in [0.5, 0.6) is 0 Å². The summed E-state index contributed by atoms with van der Waals surface area (Å²) in [6.45, 7) is 0. The largest absolute Gasteiger partial charge is 0.381 e. The molecule has 0 radical (unpaired) electrons. The van der Waals surface area contributed by atoms with Crippen LogP contribution in [-0.2, 0) is 11.2 Å². The first-order chi connectivity index (χ1) is 9.62. The lowest BCUT2D eigenvalue weighted by Gasteiger charge is -2.36. The predicted octanol–water partition coefficient (Wildman–Crippen LogP) is 3.11. The van der Waals surface area contributed by atoms with Crippen molar-refractivity contribution in [2.75, 3.05) is 0 Å². The molecule has 1 aliphatic carbocycles. The molecule has 102 valence electrons. The zero-order valence-corrected chi connectivity index (χ0v) is 11.2. The molecule has 0 saturated heterocycles. The summed E-state index contributed by atoms with van der Waals surface area (Å²) in [7, 11) is 0. The zero-order chi connectivity index (χ0) is 14.1. The van der Waals surface area contributed by atoms with Crippen LogP contribution < -0.4 is 0 Å². The third kappa shape index (κ3) is 2.28. The van der Waals surface area contributed by atoms with Crippen LogP contribution >= 0.6 is 0 Å². The van der Waals surface area contributed by atoms with Gasteiger partial charge in [-0.05, 0) is 36.1 Å². The molecule has 2 aromatic carbocycles. The second-order valence-corrected chi connectivity index (χ2v) is 5.41. The third-order valence-corrected chi connectivity index (χ3v) is 4.07. The molecule has 2 nitrogen and oxygen atoms in total. The zero-order valence-electron chi connectivity index (χ0n) is 11.2. The normalized spacial score (nSPS) is 29.3. The van der Waals surface area contributed by atoms with Crippen LogP contribution in [0.4, 0.5) is 0 Å². The summed E-state index contributed by atoms with van der Waals surface area (Å²) >= 11 is 0. The summed E-state index contributed by atoms with van der Waals surface area (Å²) < 4.78 is 0. The van der Waals surface area contributed by atoms with E-state index in [2.05, 4.69) is 0 Å². The Kier molecular flexibility index (Phi) is 3.20. The van der Waals surface area contributed by atoms with Gasteiger partial charge in [-0.15, -0.1) is 0 Å². The molecule has 2 N–H and O–H groups in total. The van der Waals surface area contributed by atoms with Gasteiger partial charge in [0.15, 0.2) is 0 Å². The summed E-state index contributed by atoms with van der Waals surface area (Å²) in [5.41, 5.74) is -0.234. The molecule has 0 heterocycles. The molecule has 0 aromatic heterocycles. The average molecular weight is 266 g/mol. The van der Waals surface area contributed by atoms with Gasteiger partial charge in [0.2, 0.25) is 0 Å². The number of aliphatic hydroxyl groups is 2. The Balaban J connectivity index is 1.92. The Morgan fingerprint density at radius 1 is 0.600 bits per heavy atom. The van der Waals surface area contributed by atoms with Crippen LogP contribution in [0.15, 0.2) is 72.8 Å². The highest BCUT2D eigenvalue weighted by Crippen LogP contribution is 2.40. The quantitative estimate of drug-likeness (QED) is 0.820. The number of hydrogen-bond acceptors (Lipinski definition) is 2. The average Bonchev–Trinajstić information content (AvgIpc) is 2.52. The molecule has 2 atom stereocenters. The van der Waals surface area contributed by atoms with Gasteiger partial charge in [-0.2, -0.15) is 0 Å². The minimum Gasteiger partial charge on any atom is -0.381 e. The Labute approximate surface area is 119 Å². The van der Waals surface area contributed by atoms with Crippen molar-refractivity contribution in [3.8, 4) is 0 Å². The van der Waals surface area contributed by atoms with Gasteiger partial charge in [0.1, 0.15) is 11.2 Å². The van der Waals surface area contributed by atoms with Crippen molar-refractivity contribution in [3.63, 3.8) is 0 Å². The van der Waals surface area contributed by atoms with Crippen molar-refractivity contribution in [2.24, 2.45) is 0 Å². The molecule has 1 aliphatic rings. The lowest BCUT2D eigenvalue weighted by atomic mass is 9.76. The minimum absolute atomic E-state index is 0.499. The van der Waals surface area contributed by atoms with Crippen molar-refractivity contribution in [3.05, 3.63) is 83.9 Å². The number of rotatable bonds is 2. The maximum atomic E-state index is 10.7. The highest BCUT2D eigenvalue weighted by Gasteiger charge is 2.37. The maximum absolute atomic E-state index is 10.7. The van der Waals surface area contributed by atoms with Crippen molar-refractivity contribution in [2.45, 2.75) is 24.0 Å². The Morgan fingerprint density at radius 3 is 1.25 bits per heavy atom.